The van der Waals surface area contributed by atoms with Crippen LogP contribution in [0.25, 0.3) is 0 Å². The van der Waals surface area contributed by atoms with Crippen molar-refractivity contribution in [1.29, 1.82) is 0 Å². The van der Waals surface area contributed by atoms with E-state index in [1.807, 2.05) is 6.92 Å². The highest BCUT2D eigenvalue weighted by Gasteiger charge is 2.25. The quantitative estimate of drug-likeness (QED) is 0.811. The molecule has 1 aromatic heterocycles. The van der Waals surface area contributed by atoms with Crippen molar-refractivity contribution in [1.82, 2.24) is 19.1 Å². The second-order valence-electron chi connectivity index (χ2n) is 6.40. The highest BCUT2D eigenvalue weighted by atomic mass is 32.2. The lowest BCUT2D eigenvalue weighted by molar-refractivity contribution is 0.413. The van der Waals surface area contributed by atoms with Gasteiger partial charge in [-0.25, -0.2) is 22.6 Å². The molecule has 0 bridgehead atoms. The zero-order chi connectivity index (χ0) is 18.7. The van der Waals surface area contributed by atoms with E-state index in [-0.39, 0.29) is 16.6 Å². The Balaban J connectivity index is 1.73. The molecule has 0 saturated carbocycles. The van der Waals surface area contributed by atoms with Crippen molar-refractivity contribution in [2.75, 3.05) is 7.11 Å². The SMILES string of the molecule is CCCn1nc2n(c1=O)CCC(NS(=O)(=O)c1cccc(OC)c1)CC2. The van der Waals surface area contributed by atoms with Crippen LogP contribution in [0.5, 0.6) is 5.75 Å². The Morgan fingerprint density at radius 3 is 2.88 bits per heavy atom. The Morgan fingerprint density at radius 1 is 1.35 bits per heavy atom. The van der Waals surface area contributed by atoms with Gasteiger partial charge in [0, 0.05) is 31.6 Å². The number of rotatable bonds is 6. The first kappa shape index (κ1) is 18.7. The summed E-state index contributed by atoms with van der Waals surface area (Å²) in [5.74, 6) is 1.22. The largest absolute Gasteiger partial charge is 0.497 e. The molecule has 2 aromatic rings. The predicted octanol–water partition coefficient (Wildman–Crippen LogP) is 1.15. The molecule has 1 aliphatic rings. The number of nitrogens with zero attached hydrogens (tertiary/aromatic N) is 3. The predicted molar refractivity (Wildman–Crippen MR) is 96.8 cm³/mol. The summed E-state index contributed by atoms with van der Waals surface area (Å²) in [4.78, 5) is 12.5. The van der Waals surface area contributed by atoms with Crippen molar-refractivity contribution >= 4 is 10.0 Å². The first-order valence-corrected chi connectivity index (χ1v) is 10.3. The minimum atomic E-state index is -3.65. The number of aromatic nitrogens is 3. The fraction of sp³-hybridized carbons (Fsp3) is 0.529. The molecule has 1 atom stereocenters. The third-order valence-corrected chi connectivity index (χ3v) is 6.04. The Bertz CT molecular complexity index is 932. The van der Waals surface area contributed by atoms with Crippen molar-refractivity contribution < 1.29 is 13.2 Å². The summed E-state index contributed by atoms with van der Waals surface area (Å²) < 4.78 is 36.3. The van der Waals surface area contributed by atoms with Gasteiger partial charge in [0.2, 0.25) is 10.0 Å². The minimum absolute atomic E-state index is 0.113. The zero-order valence-electron chi connectivity index (χ0n) is 15.0. The molecule has 1 N–H and O–H groups in total. The van der Waals surface area contributed by atoms with Gasteiger partial charge in [0.1, 0.15) is 11.6 Å². The Labute approximate surface area is 152 Å². The number of benzene rings is 1. The van der Waals surface area contributed by atoms with Gasteiger partial charge in [-0.3, -0.25) is 4.57 Å². The summed E-state index contributed by atoms with van der Waals surface area (Å²) >= 11 is 0. The number of nitrogens with one attached hydrogen (secondary N) is 1. The molecule has 0 aliphatic carbocycles. The van der Waals surface area contributed by atoms with Crippen LogP contribution in [0, 0.1) is 0 Å². The third kappa shape index (κ3) is 3.83. The molecule has 0 saturated heterocycles. The molecule has 0 radical (unpaired) electrons. The molecule has 142 valence electrons. The number of sulfonamides is 1. The van der Waals surface area contributed by atoms with E-state index in [1.54, 1.807) is 16.7 Å². The van der Waals surface area contributed by atoms with Crippen molar-refractivity contribution in [2.24, 2.45) is 0 Å². The van der Waals surface area contributed by atoms with Gasteiger partial charge in [-0.15, -0.1) is 0 Å². The van der Waals surface area contributed by atoms with E-state index < -0.39 is 10.0 Å². The molecule has 2 heterocycles. The van der Waals surface area contributed by atoms with Crippen molar-refractivity contribution in [3.05, 3.63) is 40.6 Å². The second kappa shape index (κ2) is 7.63. The highest BCUT2D eigenvalue weighted by Crippen LogP contribution is 2.19. The molecule has 8 nitrogen and oxygen atoms in total. The van der Waals surface area contributed by atoms with E-state index in [1.165, 1.54) is 23.9 Å². The minimum Gasteiger partial charge on any atom is -0.497 e. The van der Waals surface area contributed by atoms with Crippen molar-refractivity contribution in [3.63, 3.8) is 0 Å². The maximum Gasteiger partial charge on any atom is 0.345 e. The lowest BCUT2D eigenvalue weighted by Gasteiger charge is -2.16. The summed E-state index contributed by atoms with van der Waals surface area (Å²) in [6.45, 7) is 3.06. The number of fused-ring (bicyclic) bond motifs is 1. The lowest BCUT2D eigenvalue weighted by Crippen LogP contribution is -2.35. The normalized spacial score (nSPS) is 17.5. The highest BCUT2D eigenvalue weighted by molar-refractivity contribution is 7.89. The van der Waals surface area contributed by atoms with Gasteiger partial charge >= 0.3 is 5.69 Å². The molecule has 0 spiro atoms. The van der Waals surface area contributed by atoms with Gasteiger partial charge < -0.3 is 4.74 Å². The molecule has 1 aliphatic heterocycles. The van der Waals surface area contributed by atoms with Crippen LogP contribution >= 0.6 is 0 Å². The molecule has 0 fully saturated rings. The summed E-state index contributed by atoms with van der Waals surface area (Å²) in [7, 11) is -2.15. The molecule has 1 unspecified atom stereocenters. The average Bonchev–Trinajstić information content (AvgIpc) is 2.79. The van der Waals surface area contributed by atoms with Gasteiger partial charge in [-0.2, -0.15) is 5.10 Å². The maximum absolute atomic E-state index is 12.6. The van der Waals surface area contributed by atoms with Crippen LogP contribution in [0.1, 0.15) is 32.0 Å². The van der Waals surface area contributed by atoms with E-state index >= 15 is 0 Å². The van der Waals surface area contributed by atoms with Crippen LogP contribution in [-0.2, 0) is 29.5 Å². The van der Waals surface area contributed by atoms with Crippen LogP contribution in [0.3, 0.4) is 0 Å². The zero-order valence-corrected chi connectivity index (χ0v) is 15.8. The smallest absolute Gasteiger partial charge is 0.345 e. The van der Waals surface area contributed by atoms with Gasteiger partial charge in [0.25, 0.3) is 0 Å². The Morgan fingerprint density at radius 2 is 2.15 bits per heavy atom. The summed E-state index contributed by atoms with van der Waals surface area (Å²) in [5, 5.41) is 4.39. The lowest BCUT2D eigenvalue weighted by atomic mass is 10.1. The number of hydrogen-bond donors (Lipinski definition) is 1. The van der Waals surface area contributed by atoms with Gasteiger partial charge in [-0.1, -0.05) is 13.0 Å². The number of aryl methyl sites for hydroxylation is 2. The second-order valence-corrected chi connectivity index (χ2v) is 8.11. The van der Waals surface area contributed by atoms with Crippen molar-refractivity contribution in [2.45, 2.75) is 56.6 Å². The van der Waals surface area contributed by atoms with E-state index in [0.717, 1.165) is 12.2 Å². The summed E-state index contributed by atoms with van der Waals surface area (Å²) in [6.07, 6.45) is 2.57. The fourth-order valence-electron chi connectivity index (χ4n) is 3.16. The van der Waals surface area contributed by atoms with Crippen LogP contribution in [0.15, 0.2) is 34.0 Å². The molecule has 26 heavy (non-hydrogen) atoms. The van der Waals surface area contributed by atoms with Crippen LogP contribution in [-0.4, -0.2) is 35.9 Å². The fourth-order valence-corrected chi connectivity index (χ4v) is 4.50. The topological polar surface area (TPSA) is 95.2 Å². The number of hydrogen-bond acceptors (Lipinski definition) is 5. The summed E-state index contributed by atoms with van der Waals surface area (Å²) in [5.41, 5.74) is -0.113. The molecule has 0 amide bonds. The monoisotopic (exact) mass is 380 g/mol. The van der Waals surface area contributed by atoms with E-state index in [2.05, 4.69) is 9.82 Å². The Kier molecular flexibility index (Phi) is 5.47. The van der Waals surface area contributed by atoms with Crippen LogP contribution in [0.2, 0.25) is 0 Å². The van der Waals surface area contributed by atoms with Crippen LogP contribution in [0.4, 0.5) is 0 Å². The molecular formula is C17H24N4O4S. The van der Waals surface area contributed by atoms with E-state index in [0.29, 0.717) is 38.1 Å². The van der Waals surface area contributed by atoms with E-state index in [9.17, 15) is 13.2 Å². The average molecular weight is 380 g/mol. The molecule has 1 aromatic carbocycles. The number of ether oxygens (including phenoxy) is 1. The van der Waals surface area contributed by atoms with Crippen molar-refractivity contribution in [3.8, 4) is 5.75 Å². The van der Waals surface area contributed by atoms with Gasteiger partial charge in [0.15, 0.2) is 0 Å². The van der Waals surface area contributed by atoms with E-state index in [4.69, 9.17) is 4.74 Å². The standard InChI is InChI=1S/C17H24N4O4S/c1-3-10-21-17(22)20-11-9-13(7-8-16(20)18-21)19-26(23,24)15-6-4-5-14(12-15)25-2/h4-6,12-13,19H,3,7-11H2,1-2H3. The molecule has 9 heteroatoms. The number of methoxy groups -OCH3 is 1. The Hall–Kier alpha value is -2.13. The molecule has 3 rings (SSSR count). The third-order valence-electron chi connectivity index (χ3n) is 4.53. The summed E-state index contributed by atoms with van der Waals surface area (Å²) in [6, 6.07) is 6.13. The maximum atomic E-state index is 12.6. The van der Waals surface area contributed by atoms with Crippen LogP contribution < -0.4 is 15.1 Å². The van der Waals surface area contributed by atoms with Gasteiger partial charge in [0.05, 0.1) is 12.0 Å². The molecular weight excluding hydrogens is 356 g/mol. The first-order chi connectivity index (χ1) is 12.4. The first-order valence-electron chi connectivity index (χ1n) is 8.77. The van der Waals surface area contributed by atoms with Gasteiger partial charge in [-0.05, 0) is 31.4 Å².